The van der Waals surface area contributed by atoms with Crippen LogP contribution in [0.15, 0.2) is 47.0 Å². The van der Waals surface area contributed by atoms with Crippen LogP contribution in [0.3, 0.4) is 0 Å². The zero-order chi connectivity index (χ0) is 13.4. The molecule has 0 aliphatic rings. The molecular weight excluding hydrogens is 262 g/mol. The van der Waals surface area contributed by atoms with Gasteiger partial charge in [-0.2, -0.15) is 0 Å². The highest BCUT2D eigenvalue weighted by Gasteiger charge is 2.17. The number of halogens is 1. The molecule has 0 spiro atoms. The fourth-order valence-electron chi connectivity index (χ4n) is 2.02. The molecule has 0 saturated carbocycles. The molecule has 2 heterocycles. The van der Waals surface area contributed by atoms with Crippen LogP contribution in [0.1, 0.15) is 17.4 Å². The van der Waals surface area contributed by atoms with Crippen molar-refractivity contribution in [2.45, 2.75) is 6.04 Å². The molecule has 3 aromatic rings. The number of hydrogen-bond acceptors (Lipinski definition) is 4. The topological polar surface area (TPSA) is 78.1 Å². The number of nitrogen functional groups attached to an aromatic ring is 1. The molecule has 0 aliphatic heterocycles. The number of hydrogen-bond donors (Lipinski definition) is 2. The zero-order valence-corrected chi connectivity index (χ0v) is 10.8. The highest BCUT2D eigenvalue weighted by atomic mass is 35.5. The van der Waals surface area contributed by atoms with Crippen LogP contribution in [0, 0.1) is 0 Å². The van der Waals surface area contributed by atoms with Gasteiger partial charge in [0.2, 0.25) is 0 Å². The molecule has 1 aromatic carbocycles. The van der Waals surface area contributed by atoms with E-state index in [1.807, 2.05) is 30.3 Å². The molecule has 5 heteroatoms. The predicted molar refractivity (Wildman–Crippen MR) is 75.9 cm³/mol. The molecule has 1 atom stereocenters. The largest absolute Gasteiger partial charge is 0.459 e. The van der Waals surface area contributed by atoms with Crippen LogP contribution in [-0.4, -0.2) is 4.98 Å². The summed E-state index contributed by atoms with van der Waals surface area (Å²) >= 11 is 5.92. The molecule has 4 N–H and O–H groups in total. The van der Waals surface area contributed by atoms with Gasteiger partial charge < -0.3 is 15.9 Å². The van der Waals surface area contributed by atoms with Crippen molar-refractivity contribution in [3.05, 3.63) is 58.9 Å². The van der Waals surface area contributed by atoms with Gasteiger partial charge in [-0.15, -0.1) is 0 Å². The third-order valence-corrected chi connectivity index (χ3v) is 3.21. The molecule has 96 valence electrons. The molecule has 0 amide bonds. The van der Waals surface area contributed by atoms with E-state index in [-0.39, 0.29) is 0 Å². The van der Waals surface area contributed by atoms with E-state index < -0.39 is 6.04 Å². The predicted octanol–water partition coefficient (Wildman–Crippen LogP) is 3.11. The Hall–Kier alpha value is -2.04. The molecular formula is C14H12ClN3O. The van der Waals surface area contributed by atoms with E-state index in [0.29, 0.717) is 22.2 Å². The summed E-state index contributed by atoms with van der Waals surface area (Å²) in [6.45, 7) is 0. The quantitative estimate of drug-likeness (QED) is 0.752. The first-order valence-corrected chi connectivity index (χ1v) is 6.18. The van der Waals surface area contributed by atoms with Crippen LogP contribution in [0.4, 0.5) is 5.82 Å². The van der Waals surface area contributed by atoms with Gasteiger partial charge in [0, 0.05) is 17.1 Å². The number of para-hydroxylation sites is 1. The number of fused-ring (bicyclic) bond motifs is 1. The smallest absolute Gasteiger partial charge is 0.134 e. The Morgan fingerprint density at radius 2 is 2.00 bits per heavy atom. The van der Waals surface area contributed by atoms with Crippen molar-refractivity contribution >= 4 is 28.4 Å². The summed E-state index contributed by atoms with van der Waals surface area (Å²) in [5.74, 6) is 0.995. The SMILES string of the molecule is Nc1ncc(Cl)cc1C(N)c1cc2ccccc2o1. The van der Waals surface area contributed by atoms with Gasteiger partial charge in [0.15, 0.2) is 0 Å². The van der Waals surface area contributed by atoms with Crippen molar-refractivity contribution in [1.82, 2.24) is 4.98 Å². The Kier molecular flexibility index (Phi) is 2.89. The Bertz CT molecular complexity index is 705. The van der Waals surface area contributed by atoms with E-state index in [1.54, 1.807) is 6.07 Å². The lowest BCUT2D eigenvalue weighted by Gasteiger charge is -2.11. The zero-order valence-electron chi connectivity index (χ0n) is 10.0. The molecule has 0 radical (unpaired) electrons. The minimum Gasteiger partial charge on any atom is -0.459 e. The van der Waals surface area contributed by atoms with E-state index in [9.17, 15) is 0 Å². The van der Waals surface area contributed by atoms with E-state index in [2.05, 4.69) is 4.98 Å². The Labute approximate surface area is 115 Å². The first-order chi connectivity index (χ1) is 9.15. The van der Waals surface area contributed by atoms with Crippen LogP contribution in [0.2, 0.25) is 5.02 Å². The number of pyridine rings is 1. The maximum atomic E-state index is 6.18. The van der Waals surface area contributed by atoms with Crippen molar-refractivity contribution < 1.29 is 4.42 Å². The fourth-order valence-corrected chi connectivity index (χ4v) is 2.19. The van der Waals surface area contributed by atoms with Crippen LogP contribution >= 0.6 is 11.6 Å². The van der Waals surface area contributed by atoms with Crippen LogP contribution in [0.5, 0.6) is 0 Å². The molecule has 2 aromatic heterocycles. The highest BCUT2D eigenvalue weighted by Crippen LogP contribution is 2.29. The van der Waals surface area contributed by atoms with Crippen molar-refractivity contribution in [3.63, 3.8) is 0 Å². The van der Waals surface area contributed by atoms with E-state index in [1.165, 1.54) is 6.20 Å². The maximum absolute atomic E-state index is 6.18. The maximum Gasteiger partial charge on any atom is 0.134 e. The standard InChI is InChI=1S/C14H12ClN3O/c15-9-6-10(14(17)18-7-9)13(16)12-5-8-3-1-2-4-11(8)19-12/h1-7,13H,16H2,(H2,17,18). The van der Waals surface area contributed by atoms with Gasteiger partial charge in [-0.05, 0) is 18.2 Å². The average Bonchev–Trinajstić information content (AvgIpc) is 2.84. The van der Waals surface area contributed by atoms with Gasteiger partial charge in [-0.25, -0.2) is 4.98 Å². The third kappa shape index (κ3) is 2.16. The molecule has 1 unspecified atom stereocenters. The van der Waals surface area contributed by atoms with Gasteiger partial charge in [0.05, 0.1) is 11.1 Å². The average molecular weight is 274 g/mol. The summed E-state index contributed by atoms with van der Waals surface area (Å²) in [4.78, 5) is 4.00. The van der Waals surface area contributed by atoms with Gasteiger partial charge in [-0.3, -0.25) is 0 Å². The number of nitrogens with two attached hydrogens (primary N) is 2. The number of anilines is 1. The van der Waals surface area contributed by atoms with Gasteiger partial charge in [0.1, 0.15) is 17.2 Å². The van der Waals surface area contributed by atoms with Crippen LogP contribution < -0.4 is 11.5 Å². The lowest BCUT2D eigenvalue weighted by molar-refractivity contribution is 0.525. The number of nitrogens with zero attached hydrogens (tertiary/aromatic N) is 1. The Morgan fingerprint density at radius 3 is 2.79 bits per heavy atom. The van der Waals surface area contributed by atoms with Crippen LogP contribution in [0.25, 0.3) is 11.0 Å². The monoisotopic (exact) mass is 273 g/mol. The van der Waals surface area contributed by atoms with Crippen LogP contribution in [-0.2, 0) is 0 Å². The number of benzene rings is 1. The van der Waals surface area contributed by atoms with Gasteiger partial charge in [0.25, 0.3) is 0 Å². The van der Waals surface area contributed by atoms with Crippen molar-refractivity contribution in [2.24, 2.45) is 5.73 Å². The first-order valence-electron chi connectivity index (χ1n) is 5.80. The van der Waals surface area contributed by atoms with E-state index in [4.69, 9.17) is 27.5 Å². The summed E-state index contributed by atoms with van der Waals surface area (Å²) in [7, 11) is 0. The molecule has 4 nitrogen and oxygen atoms in total. The summed E-state index contributed by atoms with van der Waals surface area (Å²) in [5.41, 5.74) is 13.5. The molecule has 0 fully saturated rings. The summed E-state index contributed by atoms with van der Waals surface area (Å²) in [5, 5.41) is 1.50. The van der Waals surface area contributed by atoms with E-state index in [0.717, 1.165) is 11.0 Å². The fraction of sp³-hybridized carbons (Fsp3) is 0.0714. The van der Waals surface area contributed by atoms with E-state index >= 15 is 0 Å². The summed E-state index contributed by atoms with van der Waals surface area (Å²) in [6.07, 6.45) is 1.49. The third-order valence-electron chi connectivity index (χ3n) is 3.00. The number of rotatable bonds is 2. The first kappa shape index (κ1) is 12.0. The molecule has 3 rings (SSSR count). The minimum absolute atomic E-state index is 0.359. The normalized spacial score (nSPS) is 12.7. The lowest BCUT2D eigenvalue weighted by atomic mass is 10.1. The Balaban J connectivity index is 2.07. The van der Waals surface area contributed by atoms with Crippen molar-refractivity contribution in [2.75, 3.05) is 5.73 Å². The van der Waals surface area contributed by atoms with Crippen molar-refractivity contribution in [3.8, 4) is 0 Å². The second-order valence-electron chi connectivity index (χ2n) is 4.29. The molecule has 0 saturated heterocycles. The second-order valence-corrected chi connectivity index (χ2v) is 4.73. The molecule has 0 bridgehead atoms. The minimum atomic E-state index is -0.487. The summed E-state index contributed by atoms with van der Waals surface area (Å²) < 4.78 is 5.73. The molecule has 0 aliphatic carbocycles. The van der Waals surface area contributed by atoms with Crippen molar-refractivity contribution in [1.29, 1.82) is 0 Å². The van der Waals surface area contributed by atoms with Gasteiger partial charge in [-0.1, -0.05) is 29.8 Å². The number of aromatic nitrogens is 1. The summed E-state index contributed by atoms with van der Waals surface area (Å²) in [6, 6.07) is 10.8. The lowest BCUT2D eigenvalue weighted by Crippen LogP contribution is -2.14. The van der Waals surface area contributed by atoms with Gasteiger partial charge >= 0.3 is 0 Å². The molecule has 19 heavy (non-hydrogen) atoms. The second kappa shape index (κ2) is 4.57. The number of furan rings is 1. The highest BCUT2D eigenvalue weighted by molar-refractivity contribution is 6.30. The Morgan fingerprint density at radius 1 is 1.21 bits per heavy atom.